The van der Waals surface area contributed by atoms with Gasteiger partial charge in [-0.2, -0.15) is 5.10 Å². The van der Waals surface area contributed by atoms with E-state index in [9.17, 15) is 14.9 Å². The van der Waals surface area contributed by atoms with Gasteiger partial charge in [0.25, 0.3) is 0 Å². The van der Waals surface area contributed by atoms with Crippen molar-refractivity contribution in [2.75, 3.05) is 0 Å². The maximum Gasteiger partial charge on any atom is 0.248 e. The molecule has 0 unspecified atom stereocenters. The van der Waals surface area contributed by atoms with E-state index in [1.807, 2.05) is 60.7 Å². The Morgan fingerprint density at radius 3 is 2.23 bits per heavy atom. The zero-order chi connectivity index (χ0) is 20.7. The Morgan fingerprint density at radius 1 is 0.900 bits per heavy atom. The largest absolute Gasteiger partial charge is 0.292 e. The minimum atomic E-state index is -0.997. The molecule has 1 saturated heterocycles. The lowest BCUT2D eigenvalue weighted by Gasteiger charge is -2.30. The predicted molar refractivity (Wildman–Crippen MR) is 113 cm³/mol. The normalized spacial score (nSPS) is 24.2. The van der Waals surface area contributed by atoms with Crippen LogP contribution >= 0.6 is 0 Å². The number of hydrazone groups is 1. The molecule has 30 heavy (non-hydrogen) atoms. The molecule has 0 radical (unpaired) electrons. The maximum absolute atomic E-state index is 13.6. The third-order valence-corrected chi connectivity index (χ3v) is 6.00. The molecule has 2 aliphatic heterocycles. The first-order chi connectivity index (χ1) is 14.7. The van der Waals surface area contributed by atoms with Crippen molar-refractivity contribution in [3.63, 3.8) is 0 Å². The second-order valence-corrected chi connectivity index (χ2v) is 7.59. The fourth-order valence-corrected chi connectivity index (χ4v) is 4.73. The molecule has 148 valence electrons. The first-order valence-corrected chi connectivity index (χ1v) is 9.86. The minimum Gasteiger partial charge on any atom is -0.292 e. The summed E-state index contributed by atoms with van der Waals surface area (Å²) >= 11 is 0. The van der Waals surface area contributed by atoms with Gasteiger partial charge in [-0.05, 0) is 11.1 Å². The molecule has 3 aromatic rings. The lowest BCUT2D eigenvalue weighted by atomic mass is 9.82. The van der Waals surface area contributed by atoms with E-state index in [2.05, 4.69) is 5.10 Å². The number of fused-ring (bicyclic) bond motifs is 3. The van der Waals surface area contributed by atoms with Crippen LogP contribution in [0.1, 0.15) is 39.0 Å². The Hall–Kier alpha value is -3.80. The number of ketones is 1. The zero-order valence-corrected chi connectivity index (χ0v) is 16.0. The second kappa shape index (κ2) is 7.22. The van der Waals surface area contributed by atoms with Gasteiger partial charge in [0.1, 0.15) is 12.1 Å². The Bertz CT molecular complexity index is 1130. The van der Waals surface area contributed by atoms with E-state index >= 15 is 0 Å². The number of rotatable bonds is 4. The number of carbonyl (C=O) groups excluding carboxylic acids is 1. The molecule has 3 aromatic carbocycles. The van der Waals surface area contributed by atoms with Gasteiger partial charge in [-0.3, -0.25) is 19.9 Å². The molecule has 0 aromatic heterocycles. The van der Waals surface area contributed by atoms with Gasteiger partial charge in [-0.1, -0.05) is 84.9 Å². The molecule has 0 amide bonds. The Balaban J connectivity index is 1.71. The average Bonchev–Trinajstić information content (AvgIpc) is 3.16. The van der Waals surface area contributed by atoms with E-state index < -0.39 is 24.0 Å². The lowest BCUT2D eigenvalue weighted by molar-refractivity contribution is -0.529. The van der Waals surface area contributed by atoms with Gasteiger partial charge < -0.3 is 0 Å². The number of Topliss-reactive ketones (excluding diaryl/α,β-unsaturated/α-hetero) is 1. The van der Waals surface area contributed by atoms with Crippen LogP contribution in [0, 0.1) is 10.1 Å². The minimum absolute atomic E-state index is 0.157. The van der Waals surface area contributed by atoms with Gasteiger partial charge in [0.2, 0.25) is 6.04 Å². The van der Waals surface area contributed by atoms with E-state index in [0.717, 1.165) is 16.7 Å². The fraction of sp³-hybridized carbons (Fsp3) is 0.167. The first-order valence-electron chi connectivity index (χ1n) is 9.86. The molecule has 0 spiro atoms. The van der Waals surface area contributed by atoms with Gasteiger partial charge in [0.05, 0.1) is 12.1 Å². The number of hydrogen-bond donors (Lipinski definition) is 0. The molecule has 6 nitrogen and oxygen atoms in total. The lowest BCUT2D eigenvalue weighted by Crippen LogP contribution is -2.38. The van der Waals surface area contributed by atoms with Crippen LogP contribution in [-0.2, 0) is 0 Å². The fourth-order valence-electron chi connectivity index (χ4n) is 4.73. The third-order valence-electron chi connectivity index (χ3n) is 6.00. The molecule has 2 heterocycles. The molecule has 0 aliphatic carbocycles. The molecular weight excluding hydrogens is 378 g/mol. The Morgan fingerprint density at radius 2 is 1.53 bits per heavy atom. The average molecular weight is 397 g/mol. The van der Waals surface area contributed by atoms with E-state index in [1.54, 1.807) is 35.5 Å². The standard InChI is InChI=1S/C24H19N3O3/c28-24(17-11-5-2-6-12-17)23-20(16-9-3-1-4-10-16)22(27(29)30)21-19-14-8-7-13-18(19)15-25-26(21)23/h1-15,20-23H/t20-,21+,22-,23+/m1/s1. The van der Waals surface area contributed by atoms with Gasteiger partial charge in [0.15, 0.2) is 5.78 Å². The highest BCUT2D eigenvalue weighted by Gasteiger charge is 2.60. The van der Waals surface area contributed by atoms with Crippen molar-refractivity contribution in [1.82, 2.24) is 5.01 Å². The number of nitrogens with zero attached hydrogens (tertiary/aromatic N) is 3. The quantitative estimate of drug-likeness (QED) is 0.378. The monoisotopic (exact) mass is 397 g/mol. The summed E-state index contributed by atoms with van der Waals surface area (Å²) in [5.74, 6) is -0.780. The summed E-state index contributed by atoms with van der Waals surface area (Å²) in [6.07, 6.45) is 1.70. The van der Waals surface area contributed by atoms with E-state index in [-0.39, 0.29) is 10.7 Å². The van der Waals surface area contributed by atoms with Crippen molar-refractivity contribution in [2.24, 2.45) is 5.10 Å². The molecule has 4 atom stereocenters. The summed E-state index contributed by atoms with van der Waals surface area (Å²) in [7, 11) is 0. The van der Waals surface area contributed by atoms with Crippen LogP contribution in [0.5, 0.6) is 0 Å². The van der Waals surface area contributed by atoms with E-state index in [4.69, 9.17) is 0 Å². The molecule has 1 fully saturated rings. The third kappa shape index (κ3) is 2.80. The van der Waals surface area contributed by atoms with Crippen molar-refractivity contribution >= 4 is 12.0 Å². The molecule has 0 bridgehead atoms. The van der Waals surface area contributed by atoms with Crippen molar-refractivity contribution in [1.29, 1.82) is 0 Å². The summed E-state index contributed by atoms with van der Waals surface area (Å²) in [5, 5.41) is 18.6. The van der Waals surface area contributed by atoms with Gasteiger partial charge in [0, 0.05) is 16.1 Å². The Kier molecular flexibility index (Phi) is 4.39. The molecule has 0 saturated carbocycles. The van der Waals surface area contributed by atoms with Crippen LogP contribution in [0.2, 0.25) is 0 Å². The maximum atomic E-state index is 13.6. The van der Waals surface area contributed by atoms with Crippen LogP contribution in [0.15, 0.2) is 90.0 Å². The molecule has 0 N–H and O–H groups in total. The summed E-state index contributed by atoms with van der Waals surface area (Å²) in [6, 6.07) is 23.4. The summed E-state index contributed by atoms with van der Waals surface area (Å²) in [4.78, 5) is 25.8. The summed E-state index contributed by atoms with van der Waals surface area (Å²) in [6.45, 7) is 0. The SMILES string of the molecule is O=C(c1ccccc1)[C@@H]1[C@H](c2ccccc2)[C@@H]([N+](=O)[O-])[C@@H]2c3ccccc3C=NN12. The Labute approximate surface area is 173 Å². The van der Waals surface area contributed by atoms with Gasteiger partial charge in [-0.25, -0.2) is 0 Å². The first kappa shape index (κ1) is 18.2. The van der Waals surface area contributed by atoms with E-state index in [1.165, 1.54) is 0 Å². The van der Waals surface area contributed by atoms with Crippen molar-refractivity contribution in [3.05, 3.63) is 117 Å². The van der Waals surface area contributed by atoms with Crippen LogP contribution in [0.4, 0.5) is 0 Å². The molecular formula is C24H19N3O3. The van der Waals surface area contributed by atoms with Crippen LogP contribution in [0.25, 0.3) is 0 Å². The number of carbonyl (C=O) groups is 1. The van der Waals surface area contributed by atoms with E-state index in [0.29, 0.717) is 5.56 Å². The number of benzene rings is 3. The zero-order valence-electron chi connectivity index (χ0n) is 16.0. The van der Waals surface area contributed by atoms with Gasteiger partial charge in [-0.15, -0.1) is 0 Å². The highest BCUT2D eigenvalue weighted by atomic mass is 16.6. The number of nitro groups is 1. The van der Waals surface area contributed by atoms with Crippen LogP contribution < -0.4 is 0 Å². The van der Waals surface area contributed by atoms with Crippen molar-refractivity contribution < 1.29 is 9.72 Å². The van der Waals surface area contributed by atoms with Crippen molar-refractivity contribution in [3.8, 4) is 0 Å². The van der Waals surface area contributed by atoms with Crippen molar-refractivity contribution in [2.45, 2.75) is 24.0 Å². The van der Waals surface area contributed by atoms with Crippen LogP contribution in [-0.4, -0.2) is 34.0 Å². The summed E-state index contributed by atoms with van der Waals surface area (Å²) < 4.78 is 0. The smallest absolute Gasteiger partial charge is 0.248 e. The topological polar surface area (TPSA) is 75.8 Å². The number of hydrogen-bond acceptors (Lipinski definition) is 5. The molecule has 5 rings (SSSR count). The highest BCUT2D eigenvalue weighted by Crippen LogP contribution is 2.49. The van der Waals surface area contributed by atoms with Gasteiger partial charge >= 0.3 is 0 Å². The molecule has 6 heteroatoms. The summed E-state index contributed by atoms with van der Waals surface area (Å²) in [5.41, 5.74) is 2.99. The predicted octanol–water partition coefficient (Wildman–Crippen LogP) is 4.07. The highest BCUT2D eigenvalue weighted by molar-refractivity contribution is 6.01. The molecule has 2 aliphatic rings. The second-order valence-electron chi connectivity index (χ2n) is 7.59. The van der Waals surface area contributed by atoms with Crippen LogP contribution in [0.3, 0.4) is 0 Å².